The Balaban J connectivity index is 2.74. The normalized spacial score (nSPS) is 15.0. The Labute approximate surface area is 70.1 Å². The second-order valence-electron chi connectivity index (χ2n) is 2.81. The van der Waals surface area contributed by atoms with Crippen LogP contribution in [-0.4, -0.2) is 4.98 Å². The number of hydrogen-bond acceptors (Lipinski definition) is 2. The molecule has 0 unspecified atom stereocenters. The van der Waals surface area contributed by atoms with Gasteiger partial charge in [-0.25, -0.2) is 0 Å². The zero-order valence-electron chi connectivity index (χ0n) is 6.05. The maximum Gasteiger partial charge on any atom is 0.251 e. The zero-order valence-corrected chi connectivity index (χ0v) is 6.95. The molecule has 0 aliphatic heterocycles. The van der Waals surface area contributed by atoms with Gasteiger partial charge >= 0.3 is 0 Å². The molecule has 0 fully saturated rings. The molecular formula is C8H9NOS. The molecule has 1 aromatic heterocycles. The topological polar surface area (TPSA) is 32.9 Å². The van der Waals surface area contributed by atoms with Gasteiger partial charge in [0.2, 0.25) is 0 Å². The van der Waals surface area contributed by atoms with E-state index in [2.05, 4.69) is 17.6 Å². The van der Waals surface area contributed by atoms with Crippen LogP contribution in [0.15, 0.2) is 15.9 Å². The number of fused-ring (bicyclic) bond motifs is 1. The molecule has 1 aromatic rings. The lowest BCUT2D eigenvalue weighted by molar-refractivity contribution is 0.904. The zero-order chi connectivity index (χ0) is 7.84. The van der Waals surface area contributed by atoms with Gasteiger partial charge in [0, 0.05) is 16.7 Å². The number of H-pyrrole nitrogens is 1. The summed E-state index contributed by atoms with van der Waals surface area (Å²) in [5, 5.41) is 0. The van der Waals surface area contributed by atoms with Crippen LogP contribution in [0.3, 0.4) is 0 Å². The monoisotopic (exact) mass is 167 g/mol. The van der Waals surface area contributed by atoms with Crippen molar-refractivity contribution in [1.82, 2.24) is 4.98 Å². The quantitative estimate of drug-likeness (QED) is 0.558. The summed E-state index contributed by atoms with van der Waals surface area (Å²) < 4.78 is 0. The molecule has 1 aliphatic rings. The summed E-state index contributed by atoms with van der Waals surface area (Å²) in [7, 11) is 0. The summed E-state index contributed by atoms with van der Waals surface area (Å²) >= 11 is 4.26. The molecule has 11 heavy (non-hydrogen) atoms. The lowest BCUT2D eigenvalue weighted by atomic mass is 10.2. The lowest BCUT2D eigenvalue weighted by Gasteiger charge is -1.99. The average molecular weight is 167 g/mol. The van der Waals surface area contributed by atoms with Crippen LogP contribution in [-0.2, 0) is 12.8 Å². The molecule has 0 spiro atoms. The van der Waals surface area contributed by atoms with Crippen molar-refractivity contribution in [2.24, 2.45) is 0 Å². The summed E-state index contributed by atoms with van der Waals surface area (Å²) in [6.45, 7) is 0. The molecular weight excluding hydrogens is 158 g/mol. The summed E-state index contributed by atoms with van der Waals surface area (Å²) in [5.41, 5.74) is 2.16. The average Bonchev–Trinajstić information content (AvgIpc) is 2.45. The first-order valence-electron chi connectivity index (χ1n) is 3.71. The first-order chi connectivity index (χ1) is 5.29. The van der Waals surface area contributed by atoms with Crippen LogP contribution in [0.2, 0.25) is 0 Å². The molecule has 0 saturated carbocycles. The molecule has 2 nitrogen and oxygen atoms in total. The summed E-state index contributed by atoms with van der Waals surface area (Å²) in [5.74, 6) is 0. The van der Waals surface area contributed by atoms with Crippen molar-refractivity contribution in [3.63, 3.8) is 0 Å². The maximum absolute atomic E-state index is 11.2. The van der Waals surface area contributed by atoms with E-state index in [9.17, 15) is 4.79 Å². The Hall–Kier alpha value is -0.700. The van der Waals surface area contributed by atoms with Crippen molar-refractivity contribution in [3.8, 4) is 0 Å². The number of hydrogen-bond donors (Lipinski definition) is 2. The van der Waals surface area contributed by atoms with Gasteiger partial charge in [-0.2, -0.15) is 0 Å². The van der Waals surface area contributed by atoms with Gasteiger partial charge in [0.15, 0.2) is 0 Å². The first-order valence-corrected chi connectivity index (χ1v) is 4.16. The van der Waals surface area contributed by atoms with E-state index in [4.69, 9.17) is 0 Å². The molecule has 1 heterocycles. The van der Waals surface area contributed by atoms with Crippen molar-refractivity contribution in [2.75, 3.05) is 0 Å². The van der Waals surface area contributed by atoms with E-state index in [1.165, 1.54) is 0 Å². The molecule has 0 atom stereocenters. The summed E-state index contributed by atoms with van der Waals surface area (Å²) in [6, 6.07) is 0. The van der Waals surface area contributed by atoms with Gasteiger partial charge < -0.3 is 4.98 Å². The largest absolute Gasteiger partial charge is 0.328 e. The van der Waals surface area contributed by atoms with Crippen LogP contribution in [0.1, 0.15) is 17.5 Å². The third-order valence-corrected chi connectivity index (χ3v) is 2.54. The summed E-state index contributed by atoms with van der Waals surface area (Å²) in [4.78, 5) is 14.8. The second kappa shape index (κ2) is 2.41. The van der Waals surface area contributed by atoms with Gasteiger partial charge in [-0.1, -0.05) is 0 Å². The Morgan fingerprint density at radius 3 is 2.82 bits per heavy atom. The Bertz CT molecular complexity index is 342. The number of thiol groups is 1. The molecule has 0 bridgehead atoms. The predicted molar refractivity (Wildman–Crippen MR) is 46.3 cm³/mol. The molecule has 58 valence electrons. The standard InChI is InChI=1S/C8H9NOS/c10-8-6-3-1-2-5(6)7(11)4-9-8/h4,11H,1-3H2,(H,9,10). The second-order valence-corrected chi connectivity index (χ2v) is 3.30. The van der Waals surface area contributed by atoms with E-state index in [1.807, 2.05) is 0 Å². The van der Waals surface area contributed by atoms with Crippen LogP contribution in [0, 0.1) is 0 Å². The van der Waals surface area contributed by atoms with Crippen LogP contribution in [0.4, 0.5) is 0 Å². The Morgan fingerprint density at radius 2 is 2.09 bits per heavy atom. The van der Waals surface area contributed by atoms with Crippen molar-refractivity contribution in [1.29, 1.82) is 0 Å². The third kappa shape index (κ3) is 0.997. The van der Waals surface area contributed by atoms with Crippen LogP contribution in [0.25, 0.3) is 0 Å². The van der Waals surface area contributed by atoms with Gasteiger partial charge in [0.05, 0.1) is 0 Å². The molecule has 0 amide bonds. The number of aromatic amines is 1. The fourth-order valence-electron chi connectivity index (χ4n) is 1.59. The molecule has 2 rings (SSSR count). The van der Waals surface area contributed by atoms with Crippen molar-refractivity contribution < 1.29 is 0 Å². The van der Waals surface area contributed by atoms with E-state index >= 15 is 0 Å². The SMILES string of the molecule is O=c1[nH]cc(S)c2c1CCC2. The smallest absolute Gasteiger partial charge is 0.251 e. The van der Waals surface area contributed by atoms with E-state index in [0.717, 1.165) is 35.3 Å². The van der Waals surface area contributed by atoms with Crippen molar-refractivity contribution >= 4 is 12.6 Å². The Morgan fingerprint density at radius 1 is 1.36 bits per heavy atom. The van der Waals surface area contributed by atoms with Crippen LogP contribution in [0.5, 0.6) is 0 Å². The van der Waals surface area contributed by atoms with Gasteiger partial charge in [0.25, 0.3) is 5.56 Å². The van der Waals surface area contributed by atoms with Crippen molar-refractivity contribution in [3.05, 3.63) is 27.7 Å². The summed E-state index contributed by atoms with van der Waals surface area (Å²) in [6.07, 6.45) is 4.70. The van der Waals surface area contributed by atoms with Crippen LogP contribution < -0.4 is 5.56 Å². The molecule has 0 aromatic carbocycles. The first kappa shape index (κ1) is 6.98. The van der Waals surface area contributed by atoms with E-state index < -0.39 is 0 Å². The third-order valence-electron chi connectivity index (χ3n) is 2.14. The van der Waals surface area contributed by atoms with Crippen molar-refractivity contribution in [2.45, 2.75) is 24.2 Å². The number of nitrogens with one attached hydrogen (secondary N) is 1. The van der Waals surface area contributed by atoms with Crippen LogP contribution >= 0.6 is 12.6 Å². The predicted octanol–water partition coefficient (Wildman–Crippen LogP) is 1.15. The highest BCUT2D eigenvalue weighted by molar-refractivity contribution is 7.80. The molecule has 1 aliphatic carbocycles. The maximum atomic E-state index is 11.2. The fraction of sp³-hybridized carbons (Fsp3) is 0.375. The minimum absolute atomic E-state index is 0.0651. The number of pyridine rings is 1. The highest BCUT2D eigenvalue weighted by Crippen LogP contribution is 2.23. The highest BCUT2D eigenvalue weighted by Gasteiger charge is 2.15. The lowest BCUT2D eigenvalue weighted by Crippen LogP contribution is -2.11. The van der Waals surface area contributed by atoms with E-state index in [1.54, 1.807) is 6.20 Å². The number of aromatic nitrogens is 1. The van der Waals surface area contributed by atoms with Gasteiger partial charge in [-0.15, -0.1) is 12.6 Å². The van der Waals surface area contributed by atoms with E-state index in [-0.39, 0.29) is 5.56 Å². The van der Waals surface area contributed by atoms with E-state index in [0.29, 0.717) is 0 Å². The fourth-order valence-corrected chi connectivity index (χ4v) is 1.90. The van der Waals surface area contributed by atoms with Gasteiger partial charge in [0.1, 0.15) is 0 Å². The Kier molecular flexibility index (Phi) is 1.53. The minimum atomic E-state index is 0.0651. The molecule has 0 radical (unpaired) electrons. The molecule has 0 saturated heterocycles. The molecule has 1 N–H and O–H groups in total. The minimum Gasteiger partial charge on any atom is -0.328 e. The number of rotatable bonds is 0. The van der Waals surface area contributed by atoms with Gasteiger partial charge in [-0.05, 0) is 24.8 Å². The van der Waals surface area contributed by atoms with Gasteiger partial charge in [-0.3, -0.25) is 4.79 Å². The molecule has 3 heteroatoms. The highest BCUT2D eigenvalue weighted by atomic mass is 32.1.